The Bertz CT molecular complexity index is 1160. The van der Waals surface area contributed by atoms with Crippen LogP contribution in [0.1, 0.15) is 48.3 Å². The van der Waals surface area contributed by atoms with Gasteiger partial charge >= 0.3 is 0 Å². The summed E-state index contributed by atoms with van der Waals surface area (Å²) in [5.74, 6) is 7.24. The average Bonchev–Trinajstić information content (AvgIpc) is 3.62. The maximum Gasteiger partial charge on any atom is 0.243 e. The molecule has 3 fully saturated rings. The van der Waals surface area contributed by atoms with Gasteiger partial charge in [-0.25, -0.2) is 8.42 Å². The molecule has 2 aromatic rings. The molecular weight excluding hydrogens is 432 g/mol. The fourth-order valence-corrected chi connectivity index (χ4v) is 6.86. The van der Waals surface area contributed by atoms with Crippen LogP contribution in [0.25, 0.3) is 0 Å². The third-order valence-electron chi connectivity index (χ3n) is 7.25. The third-order valence-corrected chi connectivity index (χ3v) is 9.11. The first-order valence-electron chi connectivity index (χ1n) is 12.0. The summed E-state index contributed by atoms with van der Waals surface area (Å²) in [6.07, 6.45) is 4.18. The molecule has 5 rings (SSSR count). The van der Waals surface area contributed by atoms with Crippen LogP contribution in [0.3, 0.4) is 0 Å². The van der Waals surface area contributed by atoms with Gasteiger partial charge in [0.05, 0.1) is 11.5 Å². The molecule has 33 heavy (non-hydrogen) atoms. The normalized spacial score (nSPS) is 26.3. The minimum Gasteiger partial charge on any atom is -0.395 e. The third kappa shape index (κ3) is 4.61. The molecule has 2 saturated heterocycles. The van der Waals surface area contributed by atoms with Gasteiger partial charge in [0.15, 0.2) is 0 Å². The highest BCUT2D eigenvalue weighted by molar-refractivity contribution is 7.89. The van der Waals surface area contributed by atoms with Crippen molar-refractivity contribution < 1.29 is 13.5 Å². The molecule has 0 spiro atoms. The number of sulfonamides is 1. The number of benzene rings is 2. The van der Waals surface area contributed by atoms with Crippen molar-refractivity contribution >= 4 is 10.0 Å². The Morgan fingerprint density at radius 1 is 1.06 bits per heavy atom. The summed E-state index contributed by atoms with van der Waals surface area (Å²) in [6.45, 7) is 3.87. The van der Waals surface area contributed by atoms with Crippen LogP contribution in [0.15, 0.2) is 53.4 Å². The largest absolute Gasteiger partial charge is 0.395 e. The van der Waals surface area contributed by atoms with Crippen molar-refractivity contribution in [3.8, 4) is 11.8 Å². The van der Waals surface area contributed by atoms with Gasteiger partial charge in [-0.15, -0.1) is 0 Å². The van der Waals surface area contributed by atoms with Crippen molar-refractivity contribution in [2.24, 2.45) is 5.92 Å². The van der Waals surface area contributed by atoms with Crippen LogP contribution in [-0.4, -0.2) is 61.1 Å². The van der Waals surface area contributed by atoms with Crippen LogP contribution in [0.2, 0.25) is 0 Å². The molecule has 0 aromatic heterocycles. The number of hydrogen-bond acceptors (Lipinski definition) is 4. The van der Waals surface area contributed by atoms with Crippen molar-refractivity contribution in [1.29, 1.82) is 0 Å². The highest BCUT2D eigenvalue weighted by Crippen LogP contribution is 2.42. The van der Waals surface area contributed by atoms with Gasteiger partial charge in [0, 0.05) is 42.6 Å². The Balaban J connectivity index is 1.40. The second-order valence-corrected chi connectivity index (χ2v) is 11.6. The molecule has 0 radical (unpaired) electrons. The monoisotopic (exact) mass is 464 g/mol. The highest BCUT2D eigenvalue weighted by atomic mass is 32.2. The smallest absolute Gasteiger partial charge is 0.243 e. The number of rotatable bonds is 4. The van der Waals surface area contributed by atoms with Crippen molar-refractivity contribution in [2.45, 2.75) is 55.5 Å². The number of aryl methyl sites for hydroxylation is 1. The van der Waals surface area contributed by atoms with Gasteiger partial charge in [0.1, 0.15) is 0 Å². The van der Waals surface area contributed by atoms with Gasteiger partial charge in [0.25, 0.3) is 0 Å². The van der Waals surface area contributed by atoms with E-state index in [0.717, 1.165) is 36.1 Å². The summed E-state index contributed by atoms with van der Waals surface area (Å²) < 4.78 is 28.7. The lowest BCUT2D eigenvalue weighted by Gasteiger charge is -2.57. The minimum atomic E-state index is -3.57. The molecule has 174 valence electrons. The van der Waals surface area contributed by atoms with E-state index >= 15 is 0 Å². The second kappa shape index (κ2) is 9.23. The van der Waals surface area contributed by atoms with Crippen molar-refractivity contribution in [2.75, 3.05) is 26.2 Å². The molecule has 5 nitrogen and oxygen atoms in total. The van der Waals surface area contributed by atoms with E-state index < -0.39 is 10.0 Å². The highest BCUT2D eigenvalue weighted by Gasteiger charge is 2.50. The van der Waals surface area contributed by atoms with Crippen LogP contribution in [0.5, 0.6) is 0 Å². The molecule has 0 amide bonds. The lowest BCUT2D eigenvalue weighted by molar-refractivity contribution is -0.0553. The number of aliphatic hydroxyl groups excluding tert-OH is 1. The van der Waals surface area contributed by atoms with Crippen LogP contribution >= 0.6 is 0 Å². The fourth-order valence-electron chi connectivity index (χ4n) is 5.25. The predicted octanol–water partition coefficient (Wildman–Crippen LogP) is 3.37. The predicted molar refractivity (Wildman–Crippen MR) is 129 cm³/mol. The first-order valence-corrected chi connectivity index (χ1v) is 13.5. The summed E-state index contributed by atoms with van der Waals surface area (Å²) in [7, 11) is -3.57. The molecule has 0 unspecified atom stereocenters. The van der Waals surface area contributed by atoms with Gasteiger partial charge in [-0.05, 0) is 74.5 Å². The lowest BCUT2D eigenvalue weighted by Crippen LogP contribution is -2.67. The molecule has 1 saturated carbocycles. The average molecular weight is 465 g/mol. The number of aliphatic hydroxyl groups is 1. The Morgan fingerprint density at radius 2 is 1.82 bits per heavy atom. The molecule has 2 aromatic carbocycles. The lowest BCUT2D eigenvalue weighted by atomic mass is 9.74. The van der Waals surface area contributed by atoms with Crippen molar-refractivity contribution in [3.63, 3.8) is 0 Å². The van der Waals surface area contributed by atoms with E-state index in [0.29, 0.717) is 23.9 Å². The van der Waals surface area contributed by atoms with Gasteiger partial charge < -0.3 is 5.11 Å². The zero-order valence-corrected chi connectivity index (χ0v) is 20.0. The van der Waals surface area contributed by atoms with E-state index in [1.165, 1.54) is 12.8 Å². The Labute approximate surface area is 197 Å². The molecular formula is C27H32N2O3S. The maximum absolute atomic E-state index is 13.5. The topological polar surface area (TPSA) is 60.9 Å². The van der Waals surface area contributed by atoms with E-state index in [1.54, 1.807) is 22.5 Å². The first-order chi connectivity index (χ1) is 16.0. The summed E-state index contributed by atoms with van der Waals surface area (Å²) in [6, 6.07) is 15.6. The summed E-state index contributed by atoms with van der Waals surface area (Å²) in [5.41, 5.74) is 3.11. The summed E-state index contributed by atoms with van der Waals surface area (Å²) in [5, 5.41) is 10.2. The molecule has 1 N–H and O–H groups in total. The molecule has 0 bridgehead atoms. The van der Waals surface area contributed by atoms with E-state index in [-0.39, 0.29) is 24.6 Å². The SMILES string of the molecule is Cc1cccc(S(=O)(=O)N2CCCCN3[C@H](CO)[C@@H](c4ccc(C#CC5CC5)cc4)[C@@H]3C2)c1. The molecule has 2 heterocycles. The standard InChI is InChI=1S/C27H32N2O3S/c1-20-5-4-6-24(17-20)33(31,32)28-15-2-3-16-29-25(18-28)27(26(29)19-30)23-13-11-22(12-14-23)10-9-21-7-8-21/h4-6,11-14,17,21,25-27,30H,2-3,7-8,15-16,18-19H2,1H3/t25-,26+,27-/m0/s1. The van der Waals surface area contributed by atoms with Gasteiger partial charge in [-0.2, -0.15) is 4.31 Å². The van der Waals surface area contributed by atoms with E-state index in [4.69, 9.17) is 0 Å². The van der Waals surface area contributed by atoms with E-state index in [2.05, 4.69) is 41.0 Å². The van der Waals surface area contributed by atoms with Crippen molar-refractivity contribution in [1.82, 2.24) is 9.21 Å². The molecule has 3 atom stereocenters. The van der Waals surface area contributed by atoms with Gasteiger partial charge in [-0.3, -0.25) is 4.90 Å². The maximum atomic E-state index is 13.5. The number of nitrogens with zero attached hydrogens (tertiary/aromatic N) is 2. The molecule has 1 aliphatic carbocycles. The Hall–Kier alpha value is -2.17. The summed E-state index contributed by atoms with van der Waals surface area (Å²) in [4.78, 5) is 2.67. The van der Waals surface area contributed by atoms with Crippen molar-refractivity contribution in [3.05, 3.63) is 65.2 Å². The van der Waals surface area contributed by atoms with Crippen LogP contribution in [0, 0.1) is 24.7 Å². The van der Waals surface area contributed by atoms with Crippen LogP contribution < -0.4 is 0 Å². The van der Waals surface area contributed by atoms with Crippen LogP contribution in [0.4, 0.5) is 0 Å². The number of fused-ring (bicyclic) bond motifs is 1. The van der Waals surface area contributed by atoms with Crippen LogP contribution in [-0.2, 0) is 10.0 Å². The zero-order valence-electron chi connectivity index (χ0n) is 19.2. The van der Waals surface area contributed by atoms with E-state index in [1.807, 2.05) is 13.0 Å². The van der Waals surface area contributed by atoms with E-state index in [9.17, 15) is 13.5 Å². The molecule has 2 aliphatic heterocycles. The second-order valence-electron chi connectivity index (χ2n) is 9.63. The van der Waals surface area contributed by atoms with Gasteiger partial charge in [-0.1, -0.05) is 36.1 Å². The Kier molecular flexibility index (Phi) is 6.32. The quantitative estimate of drug-likeness (QED) is 0.705. The molecule has 3 aliphatic rings. The summed E-state index contributed by atoms with van der Waals surface area (Å²) >= 11 is 0. The minimum absolute atomic E-state index is 0.0278. The number of hydrogen-bond donors (Lipinski definition) is 1. The zero-order chi connectivity index (χ0) is 23.0. The van der Waals surface area contributed by atoms with Gasteiger partial charge in [0.2, 0.25) is 10.0 Å². The molecule has 6 heteroatoms. The Morgan fingerprint density at radius 3 is 2.52 bits per heavy atom. The first kappa shape index (κ1) is 22.6. The fraction of sp³-hybridized carbons (Fsp3) is 0.481.